The second-order valence-corrected chi connectivity index (χ2v) is 6.49. The molecule has 0 aliphatic carbocycles. The summed E-state index contributed by atoms with van der Waals surface area (Å²) in [5.74, 6) is 0.892. The van der Waals surface area contributed by atoms with Gasteiger partial charge in [0.15, 0.2) is 0 Å². The summed E-state index contributed by atoms with van der Waals surface area (Å²) in [6.45, 7) is 3.93. The van der Waals surface area contributed by atoms with E-state index in [-0.39, 0.29) is 11.8 Å². The monoisotopic (exact) mass is 287 g/mol. The number of nitrogens with zero attached hydrogens (tertiary/aromatic N) is 2. The summed E-state index contributed by atoms with van der Waals surface area (Å²) < 4.78 is 0. The number of hydrogen-bond acceptors (Lipinski definition) is 3. The summed E-state index contributed by atoms with van der Waals surface area (Å²) in [6, 6.07) is 8.16. The van der Waals surface area contributed by atoms with E-state index < -0.39 is 0 Å². The number of amides is 1. The number of likely N-dealkylation sites (N-methyl/N-ethyl adjacent to an activating group) is 1. The van der Waals surface area contributed by atoms with Gasteiger partial charge in [-0.25, -0.2) is 0 Å². The molecule has 4 nitrogen and oxygen atoms in total. The second kappa shape index (κ2) is 6.06. The number of likely N-dealkylation sites (tertiary alicyclic amines) is 1. The molecule has 1 fully saturated rings. The molecule has 2 aliphatic heterocycles. The van der Waals surface area contributed by atoms with E-state index in [1.807, 2.05) is 24.1 Å². The summed E-state index contributed by atoms with van der Waals surface area (Å²) in [4.78, 5) is 17.0. The number of anilines is 1. The molecule has 0 aromatic heterocycles. The van der Waals surface area contributed by atoms with Crippen molar-refractivity contribution in [2.75, 3.05) is 45.6 Å². The number of hydrogen-bond donors (Lipinski definition) is 1. The number of rotatable bonds is 3. The highest BCUT2D eigenvalue weighted by Gasteiger charge is 2.31. The van der Waals surface area contributed by atoms with Crippen molar-refractivity contribution >= 4 is 11.6 Å². The fourth-order valence-electron chi connectivity index (χ4n) is 3.49. The van der Waals surface area contributed by atoms with Gasteiger partial charge in [0.2, 0.25) is 5.91 Å². The minimum absolute atomic E-state index is 0.0162. The zero-order valence-corrected chi connectivity index (χ0v) is 13.0. The normalized spacial score (nSPS) is 22.7. The Balaban J connectivity index is 1.61. The minimum Gasteiger partial charge on any atom is -0.384 e. The van der Waals surface area contributed by atoms with Crippen LogP contribution in [0.5, 0.6) is 0 Å². The van der Waals surface area contributed by atoms with E-state index in [0.717, 1.165) is 37.4 Å². The number of carbonyl (C=O) groups is 1. The highest BCUT2D eigenvalue weighted by molar-refractivity contribution is 5.88. The van der Waals surface area contributed by atoms with Gasteiger partial charge in [0, 0.05) is 25.8 Å². The van der Waals surface area contributed by atoms with E-state index in [2.05, 4.69) is 29.4 Å². The molecule has 2 aliphatic rings. The van der Waals surface area contributed by atoms with Gasteiger partial charge in [-0.2, -0.15) is 0 Å². The first kappa shape index (κ1) is 14.4. The first-order valence-corrected chi connectivity index (χ1v) is 7.91. The molecule has 1 unspecified atom stereocenters. The predicted molar refractivity (Wildman–Crippen MR) is 85.5 cm³/mol. The van der Waals surface area contributed by atoms with E-state index in [4.69, 9.17) is 0 Å². The Hall–Kier alpha value is -1.55. The highest BCUT2D eigenvalue weighted by atomic mass is 16.2. The number of fused-ring (bicyclic) bond motifs is 1. The molecular weight excluding hydrogens is 262 g/mol. The predicted octanol–water partition coefficient (Wildman–Crippen LogP) is 2.00. The molecule has 0 radical (unpaired) electrons. The summed E-state index contributed by atoms with van der Waals surface area (Å²) in [7, 11) is 4.13. The maximum atomic E-state index is 12.7. The maximum absolute atomic E-state index is 12.7. The molecule has 0 saturated carbocycles. The van der Waals surface area contributed by atoms with Crippen molar-refractivity contribution < 1.29 is 4.79 Å². The van der Waals surface area contributed by atoms with Crippen LogP contribution in [0.15, 0.2) is 24.3 Å². The smallest absolute Gasteiger partial charge is 0.231 e. The van der Waals surface area contributed by atoms with Crippen LogP contribution in [0.4, 0.5) is 5.69 Å². The van der Waals surface area contributed by atoms with Crippen molar-refractivity contribution in [2.45, 2.75) is 18.8 Å². The Morgan fingerprint density at radius 3 is 2.81 bits per heavy atom. The van der Waals surface area contributed by atoms with Crippen LogP contribution >= 0.6 is 0 Å². The molecule has 1 atom stereocenters. The molecule has 1 aromatic carbocycles. The average Bonchev–Trinajstić information content (AvgIpc) is 2.92. The Kier molecular flexibility index (Phi) is 4.15. The molecule has 0 bridgehead atoms. The van der Waals surface area contributed by atoms with E-state index in [1.54, 1.807) is 0 Å². The van der Waals surface area contributed by atoms with Crippen LogP contribution in [0.25, 0.3) is 0 Å². The van der Waals surface area contributed by atoms with Gasteiger partial charge in [0.1, 0.15) is 0 Å². The summed E-state index contributed by atoms with van der Waals surface area (Å²) in [5.41, 5.74) is 2.27. The second-order valence-electron chi connectivity index (χ2n) is 6.49. The number of nitrogens with one attached hydrogen (secondary N) is 1. The molecule has 1 aromatic rings. The van der Waals surface area contributed by atoms with Crippen molar-refractivity contribution in [2.24, 2.45) is 5.92 Å². The molecule has 4 heteroatoms. The van der Waals surface area contributed by atoms with Crippen molar-refractivity contribution in [1.82, 2.24) is 9.80 Å². The van der Waals surface area contributed by atoms with Gasteiger partial charge in [-0.05, 0) is 50.5 Å². The third-order valence-electron chi connectivity index (χ3n) is 4.88. The van der Waals surface area contributed by atoms with Crippen LogP contribution in [0.2, 0.25) is 0 Å². The van der Waals surface area contributed by atoms with Gasteiger partial charge in [-0.15, -0.1) is 0 Å². The maximum Gasteiger partial charge on any atom is 0.231 e. The largest absolute Gasteiger partial charge is 0.384 e. The van der Waals surface area contributed by atoms with Crippen molar-refractivity contribution in [3.05, 3.63) is 29.8 Å². The third kappa shape index (κ3) is 3.05. The average molecular weight is 287 g/mol. The van der Waals surface area contributed by atoms with Crippen molar-refractivity contribution in [1.29, 1.82) is 0 Å². The topological polar surface area (TPSA) is 35.6 Å². The first-order chi connectivity index (χ1) is 10.1. The van der Waals surface area contributed by atoms with E-state index in [0.29, 0.717) is 5.92 Å². The van der Waals surface area contributed by atoms with E-state index >= 15 is 0 Å². The van der Waals surface area contributed by atoms with Crippen LogP contribution in [0.1, 0.15) is 24.3 Å². The fraction of sp³-hybridized carbons (Fsp3) is 0.588. The lowest BCUT2D eigenvalue weighted by molar-refractivity contribution is -0.131. The van der Waals surface area contributed by atoms with Gasteiger partial charge < -0.3 is 15.1 Å². The fourth-order valence-corrected chi connectivity index (χ4v) is 3.49. The van der Waals surface area contributed by atoms with Crippen LogP contribution in [0, 0.1) is 5.92 Å². The lowest BCUT2D eigenvalue weighted by Crippen LogP contribution is -2.40. The van der Waals surface area contributed by atoms with Crippen LogP contribution < -0.4 is 5.32 Å². The Morgan fingerprint density at radius 1 is 1.33 bits per heavy atom. The molecule has 3 rings (SSSR count). The van der Waals surface area contributed by atoms with Crippen LogP contribution in [-0.4, -0.2) is 56.0 Å². The van der Waals surface area contributed by atoms with Crippen LogP contribution in [0.3, 0.4) is 0 Å². The lowest BCUT2D eigenvalue weighted by Gasteiger charge is -2.32. The lowest BCUT2D eigenvalue weighted by atomic mass is 9.95. The Bertz CT molecular complexity index is 509. The molecule has 2 heterocycles. The molecule has 21 heavy (non-hydrogen) atoms. The minimum atomic E-state index is -0.0162. The zero-order chi connectivity index (χ0) is 14.8. The quantitative estimate of drug-likeness (QED) is 0.923. The summed E-state index contributed by atoms with van der Waals surface area (Å²) >= 11 is 0. The van der Waals surface area contributed by atoms with Gasteiger partial charge >= 0.3 is 0 Å². The van der Waals surface area contributed by atoms with Crippen molar-refractivity contribution in [3.8, 4) is 0 Å². The van der Waals surface area contributed by atoms with Crippen LogP contribution in [-0.2, 0) is 4.79 Å². The van der Waals surface area contributed by atoms with Crippen molar-refractivity contribution in [3.63, 3.8) is 0 Å². The molecule has 1 N–H and O–H groups in total. The Morgan fingerprint density at radius 2 is 2.05 bits per heavy atom. The molecule has 1 saturated heterocycles. The van der Waals surface area contributed by atoms with Gasteiger partial charge in [-0.3, -0.25) is 4.79 Å². The third-order valence-corrected chi connectivity index (χ3v) is 4.88. The number of carbonyl (C=O) groups excluding carboxylic acids is 1. The van der Waals surface area contributed by atoms with Gasteiger partial charge in [0.25, 0.3) is 0 Å². The molecular formula is C17H25N3O. The molecule has 114 valence electrons. The standard InChI is InChI=1S/C17H25N3O/c1-19-9-7-13(8-10-19)12-20(2)17(21)15-11-18-16-6-4-3-5-14(15)16/h3-6,13,15,18H,7-12H2,1-2H3. The summed E-state index contributed by atoms with van der Waals surface area (Å²) in [5, 5.41) is 3.34. The van der Waals surface area contributed by atoms with Gasteiger partial charge in [0.05, 0.1) is 5.92 Å². The highest BCUT2D eigenvalue weighted by Crippen LogP contribution is 2.32. The van der Waals surface area contributed by atoms with E-state index in [9.17, 15) is 4.79 Å². The number of piperidine rings is 1. The SMILES string of the molecule is CN1CCC(CN(C)C(=O)C2CNc3ccccc32)CC1. The first-order valence-electron chi connectivity index (χ1n) is 7.91. The Labute approximate surface area is 127 Å². The number of para-hydroxylation sites is 1. The number of benzene rings is 1. The molecule has 1 amide bonds. The van der Waals surface area contributed by atoms with Gasteiger partial charge in [-0.1, -0.05) is 18.2 Å². The zero-order valence-electron chi connectivity index (χ0n) is 13.0. The summed E-state index contributed by atoms with van der Waals surface area (Å²) in [6.07, 6.45) is 2.40. The van der Waals surface area contributed by atoms with E-state index in [1.165, 1.54) is 12.8 Å². The molecule has 0 spiro atoms.